The highest BCUT2D eigenvalue weighted by molar-refractivity contribution is 6.14. The maximum Gasteiger partial charge on any atom is 0.337 e. The van der Waals surface area contributed by atoms with Crippen molar-refractivity contribution in [2.45, 2.75) is 39.8 Å². The topological polar surface area (TPSA) is 66.8 Å². The van der Waals surface area contributed by atoms with Crippen LogP contribution in [-0.2, 0) is 13.0 Å². The smallest absolute Gasteiger partial charge is 0.337 e. The molecule has 1 atom stereocenters. The number of carbonyl (C=O) groups is 1. The van der Waals surface area contributed by atoms with Crippen LogP contribution in [0.3, 0.4) is 0 Å². The van der Waals surface area contributed by atoms with E-state index in [2.05, 4.69) is 35.4 Å². The molecule has 1 unspecified atom stereocenters. The van der Waals surface area contributed by atoms with Crippen molar-refractivity contribution < 1.29 is 9.53 Å². The predicted molar refractivity (Wildman–Crippen MR) is 126 cm³/mol. The quantitative estimate of drug-likeness (QED) is 0.660. The van der Waals surface area contributed by atoms with Gasteiger partial charge in [0.05, 0.1) is 17.4 Å². The van der Waals surface area contributed by atoms with Crippen LogP contribution in [0.15, 0.2) is 65.8 Å². The van der Waals surface area contributed by atoms with Crippen molar-refractivity contribution in [1.82, 2.24) is 15.3 Å². The Morgan fingerprint density at radius 2 is 1.91 bits per heavy atom. The summed E-state index contributed by atoms with van der Waals surface area (Å²) in [5, 5.41) is 9.05. The number of rotatable bonds is 4. The molecule has 3 aromatic rings. The van der Waals surface area contributed by atoms with E-state index in [4.69, 9.17) is 9.84 Å². The first-order valence-electron chi connectivity index (χ1n) is 10.8. The molecule has 0 bridgehead atoms. The zero-order valence-electron chi connectivity index (χ0n) is 18.9. The SMILES string of the molecule is CNC(=O)N1N=C(c2ccc(C)cc2)c2cc(OCc3cccc(C)n3)ccc2CC1C. The van der Waals surface area contributed by atoms with Gasteiger partial charge in [0.15, 0.2) is 0 Å². The fraction of sp³-hybridized carbons (Fsp3) is 0.269. The Hall–Kier alpha value is -3.67. The van der Waals surface area contributed by atoms with Gasteiger partial charge < -0.3 is 10.1 Å². The Morgan fingerprint density at radius 1 is 1.12 bits per heavy atom. The Morgan fingerprint density at radius 3 is 2.62 bits per heavy atom. The molecule has 2 aromatic carbocycles. The molecule has 164 valence electrons. The number of nitrogens with one attached hydrogen (secondary N) is 1. The van der Waals surface area contributed by atoms with Gasteiger partial charge in [-0.3, -0.25) is 4.98 Å². The number of fused-ring (bicyclic) bond motifs is 1. The monoisotopic (exact) mass is 428 g/mol. The number of urea groups is 1. The summed E-state index contributed by atoms with van der Waals surface area (Å²) in [6.07, 6.45) is 0.696. The van der Waals surface area contributed by atoms with E-state index in [1.54, 1.807) is 7.05 Å². The first-order chi connectivity index (χ1) is 15.4. The number of carbonyl (C=O) groups excluding carboxylic acids is 1. The van der Waals surface area contributed by atoms with Crippen LogP contribution >= 0.6 is 0 Å². The van der Waals surface area contributed by atoms with E-state index >= 15 is 0 Å². The van der Waals surface area contributed by atoms with E-state index in [0.29, 0.717) is 13.0 Å². The number of ether oxygens (including phenoxy) is 1. The van der Waals surface area contributed by atoms with Crippen LogP contribution in [0.1, 0.15) is 40.6 Å². The number of hydrogen-bond acceptors (Lipinski definition) is 4. The van der Waals surface area contributed by atoms with Crippen molar-refractivity contribution >= 4 is 11.7 Å². The Bertz CT molecular complexity index is 1150. The first kappa shape index (κ1) is 21.6. The number of amides is 2. The molecule has 1 aliphatic rings. The highest BCUT2D eigenvalue weighted by atomic mass is 16.5. The molecule has 0 saturated heterocycles. The van der Waals surface area contributed by atoms with Gasteiger partial charge >= 0.3 is 6.03 Å². The molecule has 1 N–H and O–H groups in total. The van der Waals surface area contributed by atoms with Gasteiger partial charge in [-0.05, 0) is 57.0 Å². The maximum absolute atomic E-state index is 12.5. The van der Waals surface area contributed by atoms with Gasteiger partial charge in [-0.2, -0.15) is 5.10 Å². The lowest BCUT2D eigenvalue weighted by Gasteiger charge is -2.22. The number of aryl methyl sites for hydroxylation is 2. The fourth-order valence-electron chi connectivity index (χ4n) is 3.83. The molecule has 1 aliphatic heterocycles. The van der Waals surface area contributed by atoms with Crippen LogP contribution in [0.5, 0.6) is 5.75 Å². The molecular formula is C26H28N4O2. The standard InChI is InChI=1S/C26H28N4O2/c1-17-8-10-20(11-9-17)25-24-15-23(32-16-22-7-5-6-18(2)28-22)13-12-21(24)14-19(3)30(29-25)26(31)27-4/h5-13,15,19H,14,16H2,1-4H3,(H,27,31). The molecule has 0 saturated carbocycles. The molecule has 0 radical (unpaired) electrons. The van der Waals surface area contributed by atoms with Crippen molar-refractivity contribution in [3.8, 4) is 5.75 Å². The second-order valence-electron chi connectivity index (χ2n) is 8.15. The third-order valence-electron chi connectivity index (χ3n) is 5.56. The van der Waals surface area contributed by atoms with E-state index < -0.39 is 0 Å². The van der Waals surface area contributed by atoms with Crippen molar-refractivity contribution in [1.29, 1.82) is 0 Å². The van der Waals surface area contributed by atoms with E-state index in [1.807, 2.05) is 56.3 Å². The molecule has 4 rings (SSSR count). The third kappa shape index (κ3) is 4.64. The van der Waals surface area contributed by atoms with Gasteiger partial charge in [-0.15, -0.1) is 0 Å². The van der Waals surface area contributed by atoms with Crippen LogP contribution in [0, 0.1) is 13.8 Å². The van der Waals surface area contributed by atoms with E-state index in [9.17, 15) is 4.79 Å². The van der Waals surface area contributed by atoms with Gasteiger partial charge in [0, 0.05) is 23.9 Å². The minimum Gasteiger partial charge on any atom is -0.487 e. The fourth-order valence-corrected chi connectivity index (χ4v) is 3.83. The van der Waals surface area contributed by atoms with Crippen LogP contribution < -0.4 is 10.1 Å². The van der Waals surface area contributed by atoms with Gasteiger partial charge in [-0.1, -0.05) is 42.0 Å². The van der Waals surface area contributed by atoms with Crippen molar-refractivity contribution in [2.24, 2.45) is 5.10 Å². The number of pyridine rings is 1. The molecular weight excluding hydrogens is 400 g/mol. The highest BCUT2D eigenvalue weighted by Crippen LogP contribution is 2.28. The zero-order valence-corrected chi connectivity index (χ0v) is 18.9. The lowest BCUT2D eigenvalue weighted by atomic mass is 9.94. The lowest BCUT2D eigenvalue weighted by Crippen LogP contribution is -2.41. The number of nitrogens with zero attached hydrogens (tertiary/aromatic N) is 3. The summed E-state index contributed by atoms with van der Waals surface area (Å²) < 4.78 is 6.07. The number of benzene rings is 2. The van der Waals surface area contributed by atoms with Crippen molar-refractivity contribution in [2.75, 3.05) is 7.05 Å². The predicted octanol–water partition coefficient (Wildman–Crippen LogP) is 4.62. The van der Waals surface area contributed by atoms with Crippen molar-refractivity contribution in [3.05, 3.63) is 94.3 Å². The molecule has 32 heavy (non-hydrogen) atoms. The molecule has 6 nitrogen and oxygen atoms in total. The largest absolute Gasteiger partial charge is 0.487 e. The zero-order chi connectivity index (χ0) is 22.7. The summed E-state index contributed by atoms with van der Waals surface area (Å²) in [4.78, 5) is 17.1. The molecule has 6 heteroatoms. The minimum atomic E-state index is -0.225. The summed E-state index contributed by atoms with van der Waals surface area (Å²) in [5.41, 5.74) is 6.83. The molecule has 2 heterocycles. The molecule has 0 fully saturated rings. The summed E-state index contributed by atoms with van der Waals surface area (Å²) in [6, 6.07) is 19.9. The normalized spacial score (nSPS) is 15.4. The van der Waals surface area contributed by atoms with Gasteiger partial charge in [0.2, 0.25) is 0 Å². The van der Waals surface area contributed by atoms with Crippen LogP contribution in [-0.4, -0.2) is 34.8 Å². The van der Waals surface area contributed by atoms with Crippen LogP contribution in [0.25, 0.3) is 0 Å². The van der Waals surface area contributed by atoms with Crippen molar-refractivity contribution in [3.63, 3.8) is 0 Å². The summed E-state index contributed by atoms with van der Waals surface area (Å²) in [7, 11) is 1.62. The molecule has 0 spiro atoms. The molecule has 2 amide bonds. The third-order valence-corrected chi connectivity index (χ3v) is 5.56. The summed E-state index contributed by atoms with van der Waals surface area (Å²) >= 11 is 0. The number of hydrazone groups is 1. The van der Waals surface area contributed by atoms with Crippen LogP contribution in [0.4, 0.5) is 4.79 Å². The second-order valence-corrected chi connectivity index (χ2v) is 8.15. The number of hydrogen-bond donors (Lipinski definition) is 1. The van der Waals surface area contributed by atoms with E-state index in [1.165, 1.54) is 10.6 Å². The summed E-state index contributed by atoms with van der Waals surface area (Å²) in [5.74, 6) is 0.743. The average Bonchev–Trinajstić information content (AvgIpc) is 2.93. The van der Waals surface area contributed by atoms with Gasteiger partial charge in [0.1, 0.15) is 12.4 Å². The number of aromatic nitrogens is 1. The van der Waals surface area contributed by atoms with Gasteiger partial charge in [0.25, 0.3) is 0 Å². The Kier molecular flexibility index (Phi) is 6.21. The maximum atomic E-state index is 12.5. The Balaban J connectivity index is 1.73. The van der Waals surface area contributed by atoms with Gasteiger partial charge in [-0.25, -0.2) is 9.80 Å². The molecule has 0 aliphatic carbocycles. The first-order valence-corrected chi connectivity index (χ1v) is 10.8. The van der Waals surface area contributed by atoms with E-state index in [-0.39, 0.29) is 12.1 Å². The second kappa shape index (κ2) is 9.22. The minimum absolute atomic E-state index is 0.0834. The Labute approximate surface area is 188 Å². The lowest BCUT2D eigenvalue weighted by molar-refractivity contribution is 0.184. The molecule has 1 aromatic heterocycles. The van der Waals surface area contributed by atoms with Crippen LogP contribution in [0.2, 0.25) is 0 Å². The average molecular weight is 429 g/mol. The van der Waals surface area contributed by atoms with E-state index in [0.717, 1.165) is 39.5 Å². The highest BCUT2D eigenvalue weighted by Gasteiger charge is 2.27. The summed E-state index contributed by atoms with van der Waals surface area (Å²) in [6.45, 7) is 6.42.